The summed E-state index contributed by atoms with van der Waals surface area (Å²) in [5.41, 5.74) is 1.97. The van der Waals surface area contributed by atoms with Crippen molar-refractivity contribution >= 4 is 23.4 Å². The molecule has 0 saturated heterocycles. The molecule has 0 radical (unpaired) electrons. The zero-order valence-corrected chi connectivity index (χ0v) is 16.4. The number of benzene rings is 1. The fourth-order valence-corrected chi connectivity index (χ4v) is 3.41. The van der Waals surface area contributed by atoms with Crippen LogP contribution >= 0.6 is 11.8 Å². The van der Waals surface area contributed by atoms with Gasteiger partial charge in [0.1, 0.15) is 0 Å². The topological polar surface area (TPSA) is 99.0 Å². The van der Waals surface area contributed by atoms with Crippen LogP contribution in [0.4, 0.5) is 5.69 Å². The third kappa shape index (κ3) is 4.16. The number of nitrogen functional groups attached to an aromatic ring is 1. The summed E-state index contributed by atoms with van der Waals surface area (Å²) in [6, 6.07) is 11.4. The lowest BCUT2D eigenvalue weighted by molar-refractivity contribution is -0.115. The molecule has 3 rings (SSSR count). The van der Waals surface area contributed by atoms with E-state index in [2.05, 4.69) is 29.4 Å². The van der Waals surface area contributed by atoms with Gasteiger partial charge in [0.05, 0.1) is 11.5 Å². The predicted octanol–water partition coefficient (Wildman–Crippen LogP) is 3.88. The highest BCUT2D eigenvalue weighted by Crippen LogP contribution is 2.29. The van der Waals surface area contributed by atoms with E-state index in [9.17, 15) is 4.79 Å². The molecule has 2 heterocycles. The van der Waals surface area contributed by atoms with Gasteiger partial charge in [-0.3, -0.25) is 4.79 Å². The zero-order chi connectivity index (χ0) is 19.4. The van der Waals surface area contributed by atoms with Crippen LogP contribution in [-0.2, 0) is 4.79 Å². The van der Waals surface area contributed by atoms with Crippen molar-refractivity contribution in [1.29, 1.82) is 0 Å². The van der Waals surface area contributed by atoms with Crippen molar-refractivity contribution < 1.29 is 9.21 Å². The molecule has 0 aliphatic carbocycles. The lowest BCUT2D eigenvalue weighted by atomic mass is 9.97. The molecule has 3 aromatic rings. The Balaban J connectivity index is 1.71. The number of hydrogen-bond donors (Lipinski definition) is 2. The number of nitrogens with one attached hydrogen (secondary N) is 1. The minimum atomic E-state index is -0.397. The number of furan rings is 1. The second kappa shape index (κ2) is 8.30. The van der Waals surface area contributed by atoms with Crippen LogP contribution in [0, 0.1) is 0 Å². The van der Waals surface area contributed by atoms with Gasteiger partial charge in [0.25, 0.3) is 0 Å². The van der Waals surface area contributed by atoms with Gasteiger partial charge >= 0.3 is 0 Å². The summed E-state index contributed by atoms with van der Waals surface area (Å²) in [5.74, 6) is 7.25. The maximum absolute atomic E-state index is 12.7. The summed E-state index contributed by atoms with van der Waals surface area (Å²) in [7, 11) is 0. The first-order valence-corrected chi connectivity index (χ1v) is 9.70. The Hall–Kier alpha value is -2.74. The Morgan fingerprint density at radius 2 is 2.04 bits per heavy atom. The molecule has 0 aliphatic rings. The van der Waals surface area contributed by atoms with E-state index in [0.717, 1.165) is 17.7 Å². The quantitative estimate of drug-likeness (QED) is 0.473. The van der Waals surface area contributed by atoms with Crippen molar-refractivity contribution in [1.82, 2.24) is 14.9 Å². The van der Waals surface area contributed by atoms with Gasteiger partial charge < -0.3 is 15.6 Å². The van der Waals surface area contributed by atoms with Crippen LogP contribution in [0.15, 0.2) is 52.2 Å². The molecule has 2 aromatic heterocycles. The van der Waals surface area contributed by atoms with Crippen molar-refractivity contribution in [2.75, 3.05) is 11.2 Å². The van der Waals surface area contributed by atoms with Crippen molar-refractivity contribution in [3.8, 4) is 11.6 Å². The molecule has 1 aromatic carbocycles. The number of carbonyl (C=O) groups is 1. The Labute approximate surface area is 162 Å². The second-order valence-electron chi connectivity index (χ2n) is 6.30. The first-order chi connectivity index (χ1) is 13.0. The van der Waals surface area contributed by atoms with Crippen LogP contribution in [0.25, 0.3) is 11.6 Å². The van der Waals surface area contributed by atoms with E-state index in [4.69, 9.17) is 10.3 Å². The molecule has 3 N–H and O–H groups in total. The van der Waals surface area contributed by atoms with Crippen LogP contribution in [0.3, 0.4) is 0 Å². The first-order valence-electron chi connectivity index (χ1n) is 8.82. The third-order valence-corrected chi connectivity index (χ3v) is 5.48. The number of para-hydroxylation sites is 1. The molecule has 2 unspecified atom stereocenters. The minimum absolute atomic E-state index is 0.113. The highest BCUT2D eigenvalue weighted by atomic mass is 32.2. The molecule has 0 saturated carbocycles. The van der Waals surface area contributed by atoms with Gasteiger partial charge in [-0.1, -0.05) is 43.8 Å². The van der Waals surface area contributed by atoms with Gasteiger partial charge in [0.15, 0.2) is 5.76 Å². The second-order valence-corrected chi connectivity index (χ2v) is 7.61. The summed E-state index contributed by atoms with van der Waals surface area (Å²) in [5, 5.41) is 11.2. The maximum atomic E-state index is 12.7. The fraction of sp³-hybridized carbons (Fsp3) is 0.316. The zero-order valence-electron chi connectivity index (χ0n) is 15.5. The van der Waals surface area contributed by atoms with Crippen LogP contribution in [0.2, 0.25) is 0 Å². The number of aromatic nitrogens is 3. The molecular formula is C19H23N5O2S. The highest BCUT2D eigenvalue weighted by Gasteiger charge is 2.21. The lowest BCUT2D eigenvalue weighted by Gasteiger charge is -2.17. The molecule has 8 heteroatoms. The molecule has 0 bridgehead atoms. The van der Waals surface area contributed by atoms with E-state index in [1.807, 2.05) is 31.2 Å². The van der Waals surface area contributed by atoms with E-state index < -0.39 is 5.25 Å². The SMILES string of the molecule is CCC(C)c1ccccc1NC(=O)C(C)Sc1nnc(-c2ccco2)n1N. The van der Waals surface area contributed by atoms with Crippen LogP contribution < -0.4 is 11.2 Å². The van der Waals surface area contributed by atoms with E-state index in [1.54, 1.807) is 18.4 Å². The summed E-state index contributed by atoms with van der Waals surface area (Å²) < 4.78 is 6.63. The van der Waals surface area contributed by atoms with Gasteiger partial charge in [-0.05, 0) is 43.0 Å². The molecular weight excluding hydrogens is 362 g/mol. The summed E-state index contributed by atoms with van der Waals surface area (Å²) >= 11 is 1.25. The van der Waals surface area contributed by atoms with Crippen molar-refractivity contribution in [3.05, 3.63) is 48.2 Å². The van der Waals surface area contributed by atoms with Gasteiger partial charge in [0.2, 0.25) is 16.9 Å². The number of nitrogens with zero attached hydrogens (tertiary/aromatic N) is 3. The average Bonchev–Trinajstić information content (AvgIpc) is 3.32. The standard InChI is InChI=1S/C19H23N5O2S/c1-4-12(2)14-8-5-6-9-15(14)21-18(25)13(3)27-19-23-22-17(24(19)20)16-10-7-11-26-16/h5-13H,4,20H2,1-3H3,(H,21,25). The summed E-state index contributed by atoms with van der Waals surface area (Å²) in [4.78, 5) is 12.7. The number of nitrogens with two attached hydrogens (primary N) is 1. The summed E-state index contributed by atoms with van der Waals surface area (Å²) in [6.45, 7) is 6.09. The smallest absolute Gasteiger partial charge is 0.237 e. The first kappa shape index (κ1) is 19.0. The monoisotopic (exact) mass is 385 g/mol. The number of amides is 1. The highest BCUT2D eigenvalue weighted by molar-refractivity contribution is 8.00. The molecule has 0 aliphatic heterocycles. The number of carbonyl (C=O) groups excluding carboxylic acids is 1. The molecule has 27 heavy (non-hydrogen) atoms. The van der Waals surface area contributed by atoms with Gasteiger partial charge in [-0.25, -0.2) is 4.68 Å². The molecule has 2 atom stereocenters. The van der Waals surface area contributed by atoms with Gasteiger partial charge in [-0.15, -0.1) is 10.2 Å². The largest absolute Gasteiger partial charge is 0.461 e. The molecule has 0 fully saturated rings. The van der Waals surface area contributed by atoms with Crippen LogP contribution in [-0.4, -0.2) is 26.0 Å². The molecule has 7 nitrogen and oxygen atoms in total. The number of thioether (sulfide) groups is 1. The van der Waals surface area contributed by atoms with Crippen LogP contribution in [0.5, 0.6) is 0 Å². The Morgan fingerprint density at radius 1 is 1.26 bits per heavy atom. The van der Waals surface area contributed by atoms with E-state index >= 15 is 0 Å². The van der Waals surface area contributed by atoms with Gasteiger partial charge in [-0.2, -0.15) is 0 Å². The lowest BCUT2D eigenvalue weighted by Crippen LogP contribution is -2.24. The van der Waals surface area contributed by atoms with E-state index in [0.29, 0.717) is 22.7 Å². The van der Waals surface area contributed by atoms with Crippen LogP contribution in [0.1, 0.15) is 38.7 Å². The van der Waals surface area contributed by atoms with Gasteiger partial charge in [0, 0.05) is 5.69 Å². The van der Waals surface area contributed by atoms with E-state index in [1.165, 1.54) is 16.4 Å². The van der Waals surface area contributed by atoms with Crippen molar-refractivity contribution in [2.45, 2.75) is 43.5 Å². The molecule has 142 valence electrons. The van der Waals surface area contributed by atoms with E-state index in [-0.39, 0.29) is 5.91 Å². The average molecular weight is 385 g/mol. The summed E-state index contributed by atoms with van der Waals surface area (Å²) in [6.07, 6.45) is 2.55. The maximum Gasteiger partial charge on any atom is 0.237 e. The normalized spacial score (nSPS) is 13.3. The minimum Gasteiger partial charge on any atom is -0.461 e. The number of anilines is 1. The molecule has 0 spiro atoms. The van der Waals surface area contributed by atoms with Crippen molar-refractivity contribution in [2.24, 2.45) is 0 Å². The number of rotatable bonds is 7. The Kier molecular flexibility index (Phi) is 5.85. The number of hydrogen-bond acceptors (Lipinski definition) is 6. The predicted molar refractivity (Wildman–Crippen MR) is 107 cm³/mol. The fourth-order valence-electron chi connectivity index (χ4n) is 2.64. The molecule has 1 amide bonds. The van der Waals surface area contributed by atoms with Crippen molar-refractivity contribution in [3.63, 3.8) is 0 Å². The third-order valence-electron chi connectivity index (χ3n) is 4.42. The Morgan fingerprint density at radius 3 is 2.74 bits per heavy atom. The Bertz CT molecular complexity index is 907.